The van der Waals surface area contributed by atoms with E-state index in [0.29, 0.717) is 30.8 Å². The Labute approximate surface area is 153 Å². The zero-order chi connectivity index (χ0) is 18.7. The van der Waals surface area contributed by atoms with Gasteiger partial charge in [0.15, 0.2) is 0 Å². The summed E-state index contributed by atoms with van der Waals surface area (Å²) in [7, 11) is 1.90. The molecule has 2 nitrogen and oxygen atoms in total. The molecule has 0 fully saturated rings. The summed E-state index contributed by atoms with van der Waals surface area (Å²) >= 11 is 0. The average Bonchev–Trinajstić information content (AvgIpc) is 2.99. The molecule has 0 aliphatic heterocycles. The Hall–Kier alpha value is -2.36. The molecule has 0 saturated heterocycles. The van der Waals surface area contributed by atoms with Crippen molar-refractivity contribution >= 4 is 10.9 Å². The molecule has 0 radical (unpaired) electrons. The second kappa shape index (κ2) is 7.48. The van der Waals surface area contributed by atoms with E-state index in [1.165, 1.54) is 0 Å². The zero-order valence-corrected chi connectivity index (χ0v) is 15.5. The molecule has 0 N–H and O–H groups in total. The Bertz CT molecular complexity index is 866. The molecule has 0 amide bonds. The molecule has 2 aromatic carbocycles. The number of aryl methyl sites for hydroxylation is 1. The third-order valence-electron chi connectivity index (χ3n) is 5.43. The van der Waals surface area contributed by atoms with Crippen molar-refractivity contribution in [2.45, 2.75) is 45.1 Å². The molecular weight excluding hydrogens is 332 g/mol. The van der Waals surface area contributed by atoms with Gasteiger partial charge in [0.25, 0.3) is 0 Å². The first kappa shape index (κ1) is 18.4. The van der Waals surface area contributed by atoms with Crippen LogP contribution in [0.25, 0.3) is 10.9 Å². The van der Waals surface area contributed by atoms with Gasteiger partial charge in [0.1, 0.15) is 12.4 Å². The van der Waals surface area contributed by atoms with E-state index in [9.17, 15) is 8.78 Å². The van der Waals surface area contributed by atoms with Gasteiger partial charge in [-0.1, -0.05) is 44.2 Å². The fourth-order valence-electron chi connectivity index (χ4n) is 3.66. The monoisotopic (exact) mass is 357 g/mol. The second-order valence-corrected chi connectivity index (χ2v) is 6.77. The van der Waals surface area contributed by atoms with Gasteiger partial charge in [-0.2, -0.15) is 0 Å². The zero-order valence-electron chi connectivity index (χ0n) is 15.5. The van der Waals surface area contributed by atoms with Crippen LogP contribution in [0.2, 0.25) is 0 Å². The van der Waals surface area contributed by atoms with E-state index < -0.39 is 11.8 Å². The molecule has 26 heavy (non-hydrogen) atoms. The highest BCUT2D eigenvalue weighted by Gasteiger charge is 2.40. The highest BCUT2D eigenvalue weighted by Crippen LogP contribution is 2.42. The van der Waals surface area contributed by atoms with Crippen LogP contribution in [0.4, 0.5) is 8.78 Å². The summed E-state index contributed by atoms with van der Waals surface area (Å²) < 4.78 is 35.8. The van der Waals surface area contributed by atoms with Crippen LogP contribution < -0.4 is 4.74 Å². The van der Waals surface area contributed by atoms with Crippen molar-refractivity contribution in [2.75, 3.05) is 0 Å². The number of ether oxygens (including phenoxy) is 1. The molecule has 0 aliphatic carbocycles. The highest BCUT2D eigenvalue weighted by atomic mass is 19.3. The normalized spacial score (nSPS) is 12.1. The van der Waals surface area contributed by atoms with Crippen LogP contribution in [-0.4, -0.2) is 11.0 Å². The van der Waals surface area contributed by atoms with Gasteiger partial charge in [0.05, 0.1) is 5.41 Å². The fraction of sp³-hybridized carbons (Fsp3) is 0.364. The first-order chi connectivity index (χ1) is 12.5. The number of hydrogen-bond donors (Lipinski definition) is 0. The summed E-state index contributed by atoms with van der Waals surface area (Å²) in [5.41, 5.74) is 1.60. The lowest BCUT2D eigenvalue weighted by Crippen LogP contribution is -2.33. The summed E-state index contributed by atoms with van der Waals surface area (Å²) in [4.78, 5) is 0. The summed E-state index contributed by atoms with van der Waals surface area (Å²) in [5.74, 6) is 0.698. The van der Waals surface area contributed by atoms with E-state index in [0.717, 1.165) is 16.5 Å². The van der Waals surface area contributed by atoms with Crippen LogP contribution in [0.1, 0.15) is 37.8 Å². The molecule has 0 unspecified atom stereocenters. The van der Waals surface area contributed by atoms with E-state index >= 15 is 0 Å². The van der Waals surface area contributed by atoms with Crippen molar-refractivity contribution in [1.29, 1.82) is 0 Å². The smallest absolute Gasteiger partial charge is 0.248 e. The number of alkyl halides is 2. The minimum absolute atomic E-state index is 0.398. The topological polar surface area (TPSA) is 14.2 Å². The van der Waals surface area contributed by atoms with Crippen molar-refractivity contribution < 1.29 is 13.5 Å². The van der Waals surface area contributed by atoms with Crippen molar-refractivity contribution in [3.63, 3.8) is 0 Å². The number of hydrogen-bond acceptors (Lipinski definition) is 1. The number of fused-ring (bicyclic) bond motifs is 1. The van der Waals surface area contributed by atoms with Gasteiger partial charge >= 0.3 is 0 Å². The molecule has 1 aromatic heterocycles. The van der Waals surface area contributed by atoms with Crippen molar-refractivity contribution in [3.05, 3.63) is 65.9 Å². The number of benzene rings is 2. The molecule has 3 rings (SSSR count). The molecule has 1 heterocycles. The van der Waals surface area contributed by atoms with Gasteiger partial charge in [-0.15, -0.1) is 0 Å². The molecule has 0 atom stereocenters. The standard InChI is InChI=1S/C22H25F2NO/c1-4-22(5-2,21(23)24)19-14-25(3)20-12-11-17(13-18(19)20)26-15-16-9-7-6-8-10-16/h6-14,21H,4-5,15H2,1-3H3. The Morgan fingerprint density at radius 2 is 1.73 bits per heavy atom. The van der Waals surface area contributed by atoms with Gasteiger partial charge in [0.2, 0.25) is 6.43 Å². The number of halogens is 2. The quantitative estimate of drug-likeness (QED) is 0.500. The van der Waals surface area contributed by atoms with Crippen LogP contribution in [0.5, 0.6) is 5.75 Å². The lowest BCUT2D eigenvalue weighted by molar-refractivity contribution is 0.0441. The number of rotatable bonds is 7. The van der Waals surface area contributed by atoms with E-state index in [1.54, 1.807) is 0 Å². The van der Waals surface area contributed by atoms with Gasteiger partial charge < -0.3 is 9.30 Å². The Balaban J connectivity index is 2.00. The van der Waals surface area contributed by atoms with E-state index in [4.69, 9.17) is 4.74 Å². The lowest BCUT2D eigenvalue weighted by atomic mass is 9.76. The maximum Gasteiger partial charge on any atom is 0.248 e. The Morgan fingerprint density at radius 1 is 1.04 bits per heavy atom. The molecule has 3 aromatic rings. The van der Waals surface area contributed by atoms with E-state index in [2.05, 4.69) is 0 Å². The largest absolute Gasteiger partial charge is 0.489 e. The molecular formula is C22H25F2NO. The maximum atomic E-state index is 14.0. The Morgan fingerprint density at radius 3 is 2.35 bits per heavy atom. The van der Waals surface area contributed by atoms with Crippen LogP contribution in [0, 0.1) is 0 Å². The lowest BCUT2D eigenvalue weighted by Gasteiger charge is -2.30. The van der Waals surface area contributed by atoms with Gasteiger partial charge in [-0.05, 0) is 42.2 Å². The van der Waals surface area contributed by atoms with Crippen molar-refractivity contribution in [3.8, 4) is 5.75 Å². The third-order valence-corrected chi connectivity index (χ3v) is 5.43. The predicted octanol–water partition coefficient (Wildman–Crippen LogP) is 6.08. The maximum absolute atomic E-state index is 14.0. The van der Waals surface area contributed by atoms with Crippen LogP contribution >= 0.6 is 0 Å². The molecule has 0 aliphatic rings. The second-order valence-electron chi connectivity index (χ2n) is 6.77. The summed E-state index contributed by atoms with van der Waals surface area (Å²) in [5, 5.41) is 0.849. The van der Waals surface area contributed by atoms with E-state index in [-0.39, 0.29) is 0 Å². The van der Waals surface area contributed by atoms with E-state index in [1.807, 2.05) is 80.2 Å². The van der Waals surface area contributed by atoms with Crippen LogP contribution in [-0.2, 0) is 19.1 Å². The van der Waals surface area contributed by atoms with Gasteiger partial charge in [-0.3, -0.25) is 0 Å². The molecule has 4 heteroatoms. The summed E-state index contributed by atoms with van der Waals surface area (Å²) in [6.07, 6.45) is 0.243. The summed E-state index contributed by atoms with van der Waals surface area (Å²) in [6.45, 7) is 4.13. The molecule has 0 bridgehead atoms. The van der Waals surface area contributed by atoms with Crippen molar-refractivity contribution in [2.24, 2.45) is 7.05 Å². The molecule has 0 spiro atoms. The van der Waals surface area contributed by atoms with Crippen LogP contribution in [0.3, 0.4) is 0 Å². The SMILES string of the molecule is CCC(CC)(c1cn(C)c2ccc(OCc3ccccc3)cc12)C(F)F. The average molecular weight is 357 g/mol. The minimum atomic E-state index is -2.41. The number of nitrogens with zero attached hydrogens (tertiary/aromatic N) is 1. The third kappa shape index (κ3) is 3.20. The van der Waals surface area contributed by atoms with Crippen LogP contribution in [0.15, 0.2) is 54.7 Å². The fourth-order valence-corrected chi connectivity index (χ4v) is 3.66. The predicted molar refractivity (Wildman–Crippen MR) is 102 cm³/mol. The Kier molecular flexibility index (Phi) is 5.30. The van der Waals surface area contributed by atoms with Crippen molar-refractivity contribution in [1.82, 2.24) is 4.57 Å². The summed E-state index contributed by atoms with van der Waals surface area (Å²) in [6, 6.07) is 15.7. The molecule has 138 valence electrons. The highest BCUT2D eigenvalue weighted by molar-refractivity contribution is 5.86. The first-order valence-electron chi connectivity index (χ1n) is 9.06. The first-order valence-corrected chi connectivity index (χ1v) is 9.06. The van der Waals surface area contributed by atoms with Gasteiger partial charge in [0, 0.05) is 24.1 Å². The minimum Gasteiger partial charge on any atom is -0.489 e. The number of aromatic nitrogens is 1. The van der Waals surface area contributed by atoms with Gasteiger partial charge in [-0.25, -0.2) is 8.78 Å². The molecule has 0 saturated carbocycles.